The summed E-state index contributed by atoms with van der Waals surface area (Å²) in [6.07, 6.45) is 2.25. The zero-order valence-electron chi connectivity index (χ0n) is 15.6. The van der Waals surface area contributed by atoms with Gasteiger partial charge >= 0.3 is 0 Å². The van der Waals surface area contributed by atoms with Crippen LogP contribution >= 0.6 is 0 Å². The minimum atomic E-state index is -0.195. The molecule has 1 aliphatic rings. The number of methoxy groups -OCH3 is 1. The smallest absolute Gasteiger partial charge is 0.258 e. The van der Waals surface area contributed by atoms with Crippen LogP contribution in [-0.4, -0.2) is 42.7 Å². The van der Waals surface area contributed by atoms with Gasteiger partial charge in [0.1, 0.15) is 6.33 Å². The topological polar surface area (TPSA) is 82.6 Å². The monoisotopic (exact) mass is 379 g/mol. The number of hydrogen-bond acceptors (Lipinski definition) is 6. The molecule has 0 bridgehead atoms. The Morgan fingerprint density at radius 2 is 2.11 bits per heavy atom. The fourth-order valence-corrected chi connectivity index (χ4v) is 3.29. The molecule has 0 saturated heterocycles. The van der Waals surface area contributed by atoms with E-state index in [-0.39, 0.29) is 18.4 Å². The first-order chi connectivity index (χ1) is 13.7. The van der Waals surface area contributed by atoms with Gasteiger partial charge in [-0.2, -0.15) is 0 Å². The number of amides is 1. The number of nitrogens with one attached hydrogen (secondary N) is 1. The van der Waals surface area contributed by atoms with Gasteiger partial charge in [-0.25, -0.2) is 9.97 Å². The van der Waals surface area contributed by atoms with Crippen LogP contribution in [0.3, 0.4) is 0 Å². The standard InChI is InChI=1S/C21H21N3O4/c1-26-18-8-4-5-15-9-14(11-27-20(15)18)10-22-19(25)12-28-21-16-6-2-3-7-17(16)23-13-24-21/h2-8,13-14H,9-12H2,1H3,(H,22,25). The van der Waals surface area contributed by atoms with Crippen molar-refractivity contribution in [2.75, 3.05) is 26.9 Å². The van der Waals surface area contributed by atoms with Crippen molar-refractivity contribution in [2.24, 2.45) is 5.92 Å². The molecule has 7 heteroatoms. The normalized spacial score (nSPS) is 15.4. The summed E-state index contributed by atoms with van der Waals surface area (Å²) in [7, 11) is 1.63. The SMILES string of the molecule is COc1cccc2c1OCC(CNC(=O)COc1ncnc3ccccc13)C2. The maximum Gasteiger partial charge on any atom is 0.258 e. The van der Waals surface area contributed by atoms with E-state index in [0.29, 0.717) is 19.0 Å². The number of rotatable bonds is 6. The van der Waals surface area contributed by atoms with Gasteiger partial charge in [0, 0.05) is 12.5 Å². The minimum Gasteiger partial charge on any atom is -0.493 e. The van der Waals surface area contributed by atoms with Crippen molar-refractivity contribution in [1.29, 1.82) is 0 Å². The Morgan fingerprint density at radius 1 is 1.21 bits per heavy atom. The first-order valence-electron chi connectivity index (χ1n) is 9.12. The Morgan fingerprint density at radius 3 is 3.00 bits per heavy atom. The van der Waals surface area contributed by atoms with Crippen LogP contribution in [0.4, 0.5) is 0 Å². The summed E-state index contributed by atoms with van der Waals surface area (Å²) in [6.45, 7) is 0.952. The molecule has 1 atom stereocenters. The molecule has 4 rings (SSSR count). The maximum atomic E-state index is 12.2. The van der Waals surface area contributed by atoms with Crippen LogP contribution in [0.1, 0.15) is 5.56 Å². The lowest BCUT2D eigenvalue weighted by Crippen LogP contribution is -2.37. The van der Waals surface area contributed by atoms with Crippen LogP contribution in [0.5, 0.6) is 17.4 Å². The van der Waals surface area contributed by atoms with E-state index in [2.05, 4.69) is 15.3 Å². The Kier molecular flexibility index (Phi) is 5.23. The van der Waals surface area contributed by atoms with Crippen LogP contribution in [-0.2, 0) is 11.2 Å². The Labute approximate surface area is 162 Å². The van der Waals surface area contributed by atoms with Gasteiger partial charge in [-0.15, -0.1) is 0 Å². The van der Waals surface area contributed by atoms with Crippen LogP contribution in [0.25, 0.3) is 10.9 Å². The lowest BCUT2D eigenvalue weighted by molar-refractivity contribution is -0.123. The quantitative estimate of drug-likeness (QED) is 0.708. The summed E-state index contributed by atoms with van der Waals surface area (Å²) in [5.74, 6) is 1.95. The summed E-state index contributed by atoms with van der Waals surface area (Å²) in [5.41, 5.74) is 1.87. The van der Waals surface area contributed by atoms with E-state index in [0.717, 1.165) is 34.4 Å². The van der Waals surface area contributed by atoms with Crippen molar-refractivity contribution in [2.45, 2.75) is 6.42 Å². The molecule has 144 valence electrons. The molecule has 7 nitrogen and oxygen atoms in total. The molecule has 0 fully saturated rings. The number of benzene rings is 2. The number of carbonyl (C=O) groups excluding carboxylic acids is 1. The van der Waals surface area contributed by atoms with E-state index in [1.807, 2.05) is 42.5 Å². The zero-order chi connectivity index (χ0) is 19.3. The number of aromatic nitrogens is 2. The summed E-state index contributed by atoms with van der Waals surface area (Å²) >= 11 is 0. The fourth-order valence-electron chi connectivity index (χ4n) is 3.29. The fraction of sp³-hybridized carbons (Fsp3) is 0.286. The molecule has 1 amide bonds. The van der Waals surface area contributed by atoms with E-state index >= 15 is 0 Å². The average molecular weight is 379 g/mol. The van der Waals surface area contributed by atoms with Crippen molar-refractivity contribution in [1.82, 2.24) is 15.3 Å². The third-order valence-corrected chi connectivity index (χ3v) is 4.69. The van der Waals surface area contributed by atoms with E-state index in [1.54, 1.807) is 7.11 Å². The van der Waals surface area contributed by atoms with Crippen molar-refractivity contribution in [3.63, 3.8) is 0 Å². The van der Waals surface area contributed by atoms with Crippen LogP contribution in [0, 0.1) is 5.92 Å². The molecule has 2 heterocycles. The third-order valence-electron chi connectivity index (χ3n) is 4.69. The lowest BCUT2D eigenvalue weighted by Gasteiger charge is -2.26. The molecular weight excluding hydrogens is 358 g/mol. The van der Waals surface area contributed by atoms with Gasteiger partial charge in [-0.05, 0) is 30.2 Å². The maximum absolute atomic E-state index is 12.2. The predicted octanol–water partition coefficient (Wildman–Crippen LogP) is 2.38. The third kappa shape index (κ3) is 3.83. The van der Waals surface area contributed by atoms with E-state index < -0.39 is 0 Å². The molecular formula is C21H21N3O4. The summed E-state index contributed by atoms with van der Waals surface area (Å²) in [5, 5.41) is 3.69. The molecule has 3 aromatic rings. The van der Waals surface area contributed by atoms with Crippen molar-refractivity contribution in [3.8, 4) is 17.4 Å². The molecule has 1 unspecified atom stereocenters. The molecule has 1 N–H and O–H groups in total. The number of ether oxygens (including phenoxy) is 3. The molecule has 0 aliphatic carbocycles. The van der Waals surface area contributed by atoms with Crippen LogP contribution < -0.4 is 19.5 Å². The van der Waals surface area contributed by atoms with Crippen LogP contribution in [0.15, 0.2) is 48.8 Å². The molecule has 1 aliphatic heterocycles. The highest BCUT2D eigenvalue weighted by molar-refractivity contribution is 5.84. The Hall–Kier alpha value is -3.35. The van der Waals surface area contributed by atoms with Gasteiger partial charge in [0.15, 0.2) is 18.1 Å². The molecule has 0 radical (unpaired) electrons. The van der Waals surface area contributed by atoms with Gasteiger partial charge in [0.05, 0.1) is 24.6 Å². The van der Waals surface area contributed by atoms with Crippen molar-refractivity contribution in [3.05, 3.63) is 54.4 Å². The summed E-state index contributed by atoms with van der Waals surface area (Å²) < 4.78 is 16.8. The van der Waals surface area contributed by atoms with Gasteiger partial charge < -0.3 is 19.5 Å². The predicted molar refractivity (Wildman–Crippen MR) is 104 cm³/mol. The van der Waals surface area contributed by atoms with Crippen molar-refractivity contribution < 1.29 is 19.0 Å². The van der Waals surface area contributed by atoms with Gasteiger partial charge in [0.2, 0.25) is 5.88 Å². The number of hydrogen-bond donors (Lipinski definition) is 1. The van der Waals surface area contributed by atoms with Gasteiger partial charge in [-0.3, -0.25) is 4.79 Å². The number of para-hydroxylation sites is 2. The Balaban J connectivity index is 1.30. The largest absolute Gasteiger partial charge is 0.493 e. The first kappa shape index (κ1) is 18.0. The van der Waals surface area contributed by atoms with Crippen LogP contribution in [0.2, 0.25) is 0 Å². The second-order valence-electron chi connectivity index (χ2n) is 6.62. The first-order valence-corrected chi connectivity index (χ1v) is 9.12. The highest BCUT2D eigenvalue weighted by atomic mass is 16.5. The average Bonchev–Trinajstić information content (AvgIpc) is 2.75. The number of fused-ring (bicyclic) bond motifs is 2. The van der Waals surface area contributed by atoms with E-state index in [4.69, 9.17) is 14.2 Å². The highest BCUT2D eigenvalue weighted by Gasteiger charge is 2.23. The van der Waals surface area contributed by atoms with Gasteiger partial charge in [0.25, 0.3) is 5.91 Å². The van der Waals surface area contributed by atoms with E-state index in [1.165, 1.54) is 6.33 Å². The second-order valence-corrected chi connectivity index (χ2v) is 6.62. The molecule has 0 saturated carbocycles. The minimum absolute atomic E-state index is 0.0982. The zero-order valence-corrected chi connectivity index (χ0v) is 15.6. The summed E-state index contributed by atoms with van der Waals surface area (Å²) in [6, 6.07) is 13.4. The molecule has 2 aromatic carbocycles. The Bertz CT molecular complexity index is 987. The highest BCUT2D eigenvalue weighted by Crippen LogP contribution is 2.35. The lowest BCUT2D eigenvalue weighted by atomic mass is 9.96. The van der Waals surface area contributed by atoms with Gasteiger partial charge in [-0.1, -0.05) is 24.3 Å². The second kappa shape index (κ2) is 8.12. The van der Waals surface area contributed by atoms with Crippen molar-refractivity contribution >= 4 is 16.8 Å². The molecule has 1 aromatic heterocycles. The number of carbonyl (C=O) groups is 1. The summed E-state index contributed by atoms with van der Waals surface area (Å²) in [4.78, 5) is 20.5. The van der Waals surface area contributed by atoms with E-state index in [9.17, 15) is 4.79 Å². The molecule has 0 spiro atoms. The molecule has 28 heavy (non-hydrogen) atoms. The number of nitrogens with zero attached hydrogens (tertiary/aromatic N) is 2.